The molecule has 0 aliphatic carbocycles. The van der Waals surface area contributed by atoms with Crippen molar-refractivity contribution in [2.24, 2.45) is 5.73 Å². The maximum Gasteiger partial charge on any atom is 0.490 e. The third-order valence-electron chi connectivity index (χ3n) is 4.24. The lowest BCUT2D eigenvalue weighted by atomic mass is 9.96. The Morgan fingerprint density at radius 2 is 1.62 bits per heavy atom. The van der Waals surface area contributed by atoms with Crippen molar-refractivity contribution >= 4 is 23.7 Å². The summed E-state index contributed by atoms with van der Waals surface area (Å²) in [6, 6.07) is 5.81. The first-order valence-electron chi connectivity index (χ1n) is 9.65. The monoisotopic (exact) mass is 505 g/mol. The van der Waals surface area contributed by atoms with Crippen molar-refractivity contribution in [3.8, 4) is 5.75 Å². The summed E-state index contributed by atoms with van der Waals surface area (Å²) in [5.41, 5.74) is 7.92. The molecule has 15 heteroatoms. The first kappa shape index (κ1) is 30.8. The van der Waals surface area contributed by atoms with Crippen LogP contribution in [-0.2, 0) is 9.59 Å². The van der Waals surface area contributed by atoms with Crippen LogP contribution in [-0.4, -0.2) is 72.2 Å². The average Bonchev–Trinajstić information content (AvgIpc) is 3.13. The molecule has 0 bridgehead atoms. The van der Waals surface area contributed by atoms with Gasteiger partial charge in [-0.25, -0.2) is 14.4 Å². The molecule has 0 aromatic heterocycles. The molecule has 1 heterocycles. The molecule has 1 aliphatic heterocycles. The van der Waals surface area contributed by atoms with Crippen LogP contribution >= 0.6 is 0 Å². The number of carbonyl (C=O) groups is 3. The molecule has 5 N–H and O–H groups in total. The Bertz CT molecular complexity index is 808. The minimum Gasteiger partial charge on any atom is -0.475 e. The number of alkyl halides is 6. The Kier molecular flexibility index (Phi) is 12.2. The van der Waals surface area contributed by atoms with E-state index in [9.17, 15) is 31.1 Å². The van der Waals surface area contributed by atoms with Crippen LogP contribution < -0.4 is 15.8 Å². The van der Waals surface area contributed by atoms with Crippen molar-refractivity contribution < 1.29 is 55.7 Å². The second-order valence-electron chi connectivity index (χ2n) is 6.75. The Labute approximate surface area is 190 Å². The molecule has 9 nitrogen and oxygen atoms in total. The van der Waals surface area contributed by atoms with Crippen LogP contribution in [0, 0.1) is 0 Å². The predicted molar refractivity (Wildman–Crippen MR) is 108 cm³/mol. The summed E-state index contributed by atoms with van der Waals surface area (Å²) in [7, 11) is 1.72. The first-order chi connectivity index (χ1) is 15.5. The zero-order chi connectivity index (χ0) is 26.7. The summed E-state index contributed by atoms with van der Waals surface area (Å²) in [6.45, 7) is 4.20. The Morgan fingerprint density at radius 3 is 2.03 bits per heavy atom. The molecule has 0 spiro atoms. The maximum atomic E-state index is 11.7. The van der Waals surface area contributed by atoms with Gasteiger partial charge in [0.25, 0.3) is 0 Å². The van der Waals surface area contributed by atoms with Crippen molar-refractivity contribution in [1.29, 1.82) is 0 Å². The number of aliphatic carboxylic acids is 2. The van der Waals surface area contributed by atoms with E-state index in [1.54, 1.807) is 7.05 Å². The number of nitrogens with two attached hydrogens (primary N) is 1. The highest BCUT2D eigenvalue weighted by Gasteiger charge is 2.38. The highest BCUT2D eigenvalue weighted by atomic mass is 19.4. The van der Waals surface area contributed by atoms with E-state index in [0.717, 1.165) is 31.6 Å². The third-order valence-corrected chi connectivity index (χ3v) is 4.24. The number of carboxylic acid groups (broad SMARTS) is 2. The number of ether oxygens (including phenoxy) is 1. The van der Waals surface area contributed by atoms with Crippen LogP contribution in [0.4, 0.5) is 36.8 Å². The van der Waals surface area contributed by atoms with Gasteiger partial charge in [0, 0.05) is 37.8 Å². The molecule has 0 saturated carbocycles. The number of halogens is 6. The number of rotatable bonds is 5. The van der Waals surface area contributed by atoms with Gasteiger partial charge in [-0.3, -0.25) is 0 Å². The van der Waals surface area contributed by atoms with Gasteiger partial charge in [0.05, 0.1) is 0 Å². The van der Waals surface area contributed by atoms with E-state index in [4.69, 9.17) is 30.3 Å². The van der Waals surface area contributed by atoms with Crippen LogP contribution in [0.3, 0.4) is 0 Å². The average molecular weight is 505 g/mol. The molecule has 0 saturated heterocycles. The van der Waals surface area contributed by atoms with E-state index < -0.39 is 24.3 Å². The maximum absolute atomic E-state index is 11.7. The highest BCUT2D eigenvalue weighted by Crippen LogP contribution is 2.36. The Balaban J connectivity index is 0.000000642. The minimum atomic E-state index is -5.08. The van der Waals surface area contributed by atoms with Crippen LogP contribution in [0.1, 0.15) is 31.2 Å². The van der Waals surface area contributed by atoms with E-state index in [-0.39, 0.29) is 6.09 Å². The van der Waals surface area contributed by atoms with Gasteiger partial charge in [-0.05, 0) is 37.9 Å². The number of fused-ring (bicyclic) bond motifs is 1. The Morgan fingerprint density at radius 1 is 1.12 bits per heavy atom. The highest BCUT2D eigenvalue weighted by molar-refractivity contribution is 5.73. The number of nitrogens with one attached hydrogen (secondary N) is 1. The summed E-state index contributed by atoms with van der Waals surface area (Å²) < 4.78 is 68.8. The second kappa shape index (κ2) is 13.5. The number of hydrogen-bond acceptors (Lipinski definition) is 6. The SMILES string of the molecule is CCN(C)C(=O)Oc1ccc2c(c1)NCC2CCCN.O=C(O)C(F)(F)F.O=C(O)C(F)(F)F. The summed E-state index contributed by atoms with van der Waals surface area (Å²) in [5.74, 6) is -4.42. The number of amides is 1. The van der Waals surface area contributed by atoms with Gasteiger partial charge in [-0.2, -0.15) is 26.3 Å². The van der Waals surface area contributed by atoms with Gasteiger partial charge in [0.2, 0.25) is 0 Å². The number of nitrogens with zero attached hydrogens (tertiary/aromatic N) is 1. The molecule has 2 rings (SSSR count). The van der Waals surface area contributed by atoms with E-state index in [0.29, 0.717) is 18.2 Å². The number of hydrogen-bond donors (Lipinski definition) is 4. The van der Waals surface area contributed by atoms with Gasteiger partial charge >= 0.3 is 30.4 Å². The minimum absolute atomic E-state index is 0.329. The summed E-state index contributed by atoms with van der Waals surface area (Å²) >= 11 is 0. The normalized spacial score (nSPS) is 14.3. The second-order valence-corrected chi connectivity index (χ2v) is 6.75. The lowest BCUT2D eigenvalue weighted by Gasteiger charge is -2.15. The molecule has 0 radical (unpaired) electrons. The molecule has 34 heavy (non-hydrogen) atoms. The Hall–Kier alpha value is -3.23. The standard InChI is InChI=1S/C15H23N3O2.2C2HF3O2/c1-3-18(2)15(19)20-12-6-7-13-11(5-4-8-16)10-17-14(13)9-12;2*3-2(4,5)1(6)7/h6-7,9,11,17H,3-5,8,10,16H2,1-2H3;2*(H,6,7). The largest absolute Gasteiger partial charge is 0.490 e. The fourth-order valence-corrected chi connectivity index (χ4v) is 2.38. The van der Waals surface area contributed by atoms with E-state index in [1.165, 1.54) is 10.5 Å². The topological polar surface area (TPSA) is 142 Å². The van der Waals surface area contributed by atoms with Gasteiger partial charge in [0.1, 0.15) is 5.75 Å². The van der Waals surface area contributed by atoms with E-state index >= 15 is 0 Å². The predicted octanol–water partition coefficient (Wildman–Crippen LogP) is 3.65. The quantitative estimate of drug-likeness (QED) is 0.445. The van der Waals surface area contributed by atoms with E-state index in [1.807, 2.05) is 25.1 Å². The van der Waals surface area contributed by atoms with Gasteiger partial charge in [-0.1, -0.05) is 6.07 Å². The fraction of sp³-hybridized carbons (Fsp3) is 0.526. The van der Waals surface area contributed by atoms with Gasteiger partial charge in [-0.15, -0.1) is 0 Å². The smallest absolute Gasteiger partial charge is 0.475 e. The van der Waals surface area contributed by atoms with Crippen molar-refractivity contribution in [1.82, 2.24) is 4.90 Å². The summed E-state index contributed by atoms with van der Waals surface area (Å²) in [6.07, 6.45) is -8.37. The zero-order valence-electron chi connectivity index (χ0n) is 18.2. The summed E-state index contributed by atoms with van der Waals surface area (Å²) in [4.78, 5) is 31.0. The van der Waals surface area contributed by atoms with Gasteiger partial charge in [0.15, 0.2) is 0 Å². The van der Waals surface area contributed by atoms with Crippen LogP contribution in [0.25, 0.3) is 0 Å². The molecular weight excluding hydrogens is 480 g/mol. The number of benzene rings is 1. The van der Waals surface area contributed by atoms with Gasteiger partial charge < -0.3 is 30.9 Å². The zero-order valence-corrected chi connectivity index (χ0v) is 18.2. The van der Waals surface area contributed by atoms with Crippen molar-refractivity contribution in [3.63, 3.8) is 0 Å². The lowest BCUT2D eigenvalue weighted by Crippen LogP contribution is -2.29. The van der Waals surface area contributed by atoms with Crippen LogP contribution in [0.2, 0.25) is 0 Å². The third kappa shape index (κ3) is 11.1. The molecule has 1 aliphatic rings. The number of carbonyl (C=O) groups excluding carboxylic acids is 1. The fourth-order valence-electron chi connectivity index (χ4n) is 2.38. The number of carboxylic acids is 2. The molecule has 1 aromatic rings. The number of anilines is 1. The summed E-state index contributed by atoms with van der Waals surface area (Å²) in [5, 5.41) is 17.6. The molecule has 194 valence electrons. The molecule has 1 atom stereocenters. The van der Waals surface area contributed by atoms with E-state index in [2.05, 4.69) is 5.32 Å². The molecule has 1 amide bonds. The first-order valence-corrected chi connectivity index (χ1v) is 9.65. The van der Waals surface area contributed by atoms with Crippen molar-refractivity contribution in [3.05, 3.63) is 23.8 Å². The molecule has 1 aromatic carbocycles. The molecule has 1 unspecified atom stereocenters. The van der Waals surface area contributed by atoms with Crippen LogP contribution in [0.15, 0.2) is 18.2 Å². The molecule has 0 fully saturated rings. The van der Waals surface area contributed by atoms with Crippen molar-refractivity contribution in [2.75, 3.05) is 32.0 Å². The lowest BCUT2D eigenvalue weighted by molar-refractivity contribution is -0.193. The van der Waals surface area contributed by atoms with Crippen LogP contribution in [0.5, 0.6) is 5.75 Å². The molecular formula is C19H25F6N3O6. The van der Waals surface area contributed by atoms with Crippen molar-refractivity contribution in [2.45, 2.75) is 38.0 Å².